The first-order valence-corrected chi connectivity index (χ1v) is 5.68. The van der Waals surface area contributed by atoms with Gasteiger partial charge in [0.15, 0.2) is 0 Å². The average molecular weight is 215 g/mol. The van der Waals surface area contributed by atoms with Crippen molar-refractivity contribution < 1.29 is 0 Å². The quantitative estimate of drug-likeness (QED) is 0.611. The Morgan fingerprint density at radius 2 is 1.94 bits per heavy atom. The molecule has 2 rings (SSSR count). The van der Waals surface area contributed by atoms with Gasteiger partial charge in [-0.2, -0.15) is 0 Å². The van der Waals surface area contributed by atoms with Gasteiger partial charge in [-0.3, -0.25) is 0 Å². The second-order valence-electron chi connectivity index (χ2n) is 3.84. The summed E-state index contributed by atoms with van der Waals surface area (Å²) < 4.78 is 0. The summed E-state index contributed by atoms with van der Waals surface area (Å²) in [6, 6.07) is 8.46. The molecule has 3 nitrogen and oxygen atoms in total. The van der Waals surface area contributed by atoms with Crippen molar-refractivity contribution in [2.45, 2.75) is 26.7 Å². The molecule has 0 aliphatic carbocycles. The molecule has 0 aliphatic heterocycles. The fourth-order valence-electron chi connectivity index (χ4n) is 1.98. The zero-order valence-corrected chi connectivity index (χ0v) is 9.75. The Balaban J connectivity index is 2.72. The van der Waals surface area contributed by atoms with Gasteiger partial charge < -0.3 is 5.43 Å². The fourth-order valence-corrected chi connectivity index (χ4v) is 1.98. The van der Waals surface area contributed by atoms with Crippen LogP contribution in [0.1, 0.15) is 25.0 Å². The highest BCUT2D eigenvalue weighted by atomic mass is 15.2. The Morgan fingerprint density at radius 1 is 1.19 bits per heavy atom. The first-order valence-electron chi connectivity index (χ1n) is 5.68. The number of rotatable bonds is 3. The van der Waals surface area contributed by atoms with Gasteiger partial charge >= 0.3 is 0 Å². The van der Waals surface area contributed by atoms with Crippen LogP contribution in [0.25, 0.3) is 10.9 Å². The summed E-state index contributed by atoms with van der Waals surface area (Å²) in [5.74, 6) is 6.28. The van der Waals surface area contributed by atoms with Crippen LogP contribution in [0.5, 0.6) is 0 Å². The number of nitrogen functional groups attached to an aromatic ring is 1. The molecule has 1 aromatic heterocycles. The molecule has 0 amide bonds. The summed E-state index contributed by atoms with van der Waals surface area (Å²) >= 11 is 0. The number of hydrogen-bond acceptors (Lipinski definition) is 3. The predicted octanol–water partition coefficient (Wildman–Crippen LogP) is 2.65. The lowest BCUT2D eigenvalue weighted by Gasteiger charge is -2.10. The van der Waals surface area contributed by atoms with Gasteiger partial charge in [-0.25, -0.2) is 10.8 Å². The summed E-state index contributed by atoms with van der Waals surface area (Å²) in [7, 11) is 0. The summed E-state index contributed by atoms with van der Waals surface area (Å²) in [4.78, 5) is 4.60. The molecule has 2 aromatic rings. The molecule has 84 valence electrons. The minimum atomic E-state index is 0.788. The molecule has 3 N–H and O–H groups in total. The zero-order valence-electron chi connectivity index (χ0n) is 9.75. The highest BCUT2D eigenvalue weighted by molar-refractivity contribution is 5.84. The molecule has 0 radical (unpaired) electrons. The van der Waals surface area contributed by atoms with Gasteiger partial charge in [-0.05, 0) is 30.0 Å². The third-order valence-corrected chi connectivity index (χ3v) is 2.91. The minimum absolute atomic E-state index is 0.788. The van der Waals surface area contributed by atoms with Crippen LogP contribution < -0.4 is 11.3 Å². The Morgan fingerprint density at radius 3 is 2.56 bits per heavy atom. The van der Waals surface area contributed by atoms with Crippen molar-refractivity contribution in [1.29, 1.82) is 0 Å². The van der Waals surface area contributed by atoms with Crippen molar-refractivity contribution >= 4 is 16.7 Å². The zero-order chi connectivity index (χ0) is 11.5. The van der Waals surface area contributed by atoms with Crippen molar-refractivity contribution in [3.05, 3.63) is 35.4 Å². The number of anilines is 1. The number of nitrogens with two attached hydrogens (primary N) is 1. The first kappa shape index (κ1) is 10.9. The second kappa shape index (κ2) is 4.49. The molecular weight excluding hydrogens is 198 g/mol. The van der Waals surface area contributed by atoms with E-state index in [4.69, 9.17) is 5.84 Å². The first-order chi connectivity index (χ1) is 7.80. The highest BCUT2D eigenvalue weighted by Crippen LogP contribution is 2.23. The van der Waals surface area contributed by atoms with Crippen LogP contribution in [0.2, 0.25) is 0 Å². The van der Waals surface area contributed by atoms with E-state index in [2.05, 4.69) is 48.5 Å². The Kier molecular flexibility index (Phi) is 3.06. The topological polar surface area (TPSA) is 50.9 Å². The normalized spacial score (nSPS) is 10.7. The minimum Gasteiger partial charge on any atom is -0.308 e. The van der Waals surface area contributed by atoms with Crippen molar-refractivity contribution in [3.63, 3.8) is 0 Å². The van der Waals surface area contributed by atoms with Gasteiger partial charge in [0.05, 0.1) is 5.52 Å². The second-order valence-corrected chi connectivity index (χ2v) is 3.84. The van der Waals surface area contributed by atoms with E-state index in [0.717, 1.165) is 29.7 Å². The van der Waals surface area contributed by atoms with Crippen molar-refractivity contribution in [2.24, 2.45) is 5.84 Å². The third kappa shape index (κ3) is 1.74. The molecule has 0 saturated carbocycles. The van der Waals surface area contributed by atoms with Crippen LogP contribution in [-0.2, 0) is 12.8 Å². The molecule has 3 heteroatoms. The molecule has 16 heavy (non-hydrogen) atoms. The van der Waals surface area contributed by atoms with E-state index >= 15 is 0 Å². The maximum absolute atomic E-state index is 5.50. The molecule has 0 bridgehead atoms. The van der Waals surface area contributed by atoms with Gasteiger partial charge in [0.1, 0.15) is 5.82 Å². The molecule has 0 aliphatic rings. The smallest absolute Gasteiger partial charge is 0.143 e. The summed E-state index contributed by atoms with van der Waals surface area (Å²) in [6.45, 7) is 4.24. The molecule has 0 spiro atoms. The molecule has 0 saturated heterocycles. The van der Waals surface area contributed by atoms with Gasteiger partial charge in [0.2, 0.25) is 0 Å². The van der Waals surface area contributed by atoms with E-state index < -0.39 is 0 Å². The average Bonchev–Trinajstić information content (AvgIpc) is 2.36. The number of aryl methyl sites for hydroxylation is 2. The molecule has 1 heterocycles. The van der Waals surface area contributed by atoms with Gasteiger partial charge in [0.25, 0.3) is 0 Å². The molecule has 0 fully saturated rings. The van der Waals surface area contributed by atoms with Crippen molar-refractivity contribution in [1.82, 2.24) is 4.98 Å². The summed E-state index contributed by atoms with van der Waals surface area (Å²) in [5.41, 5.74) is 6.15. The van der Waals surface area contributed by atoms with Crippen LogP contribution in [0, 0.1) is 0 Å². The Bertz CT molecular complexity index is 506. The number of benzene rings is 1. The molecule has 0 atom stereocenters. The number of hydrazine groups is 1. The van der Waals surface area contributed by atoms with Gasteiger partial charge in [-0.15, -0.1) is 0 Å². The maximum atomic E-state index is 5.50. The fraction of sp³-hybridized carbons (Fsp3) is 0.308. The van der Waals surface area contributed by atoms with Crippen LogP contribution in [-0.4, -0.2) is 4.98 Å². The Labute approximate surface area is 95.7 Å². The van der Waals surface area contributed by atoms with Crippen LogP contribution in [0.15, 0.2) is 24.3 Å². The number of para-hydroxylation sites is 1. The van der Waals surface area contributed by atoms with Gasteiger partial charge in [0, 0.05) is 5.39 Å². The monoisotopic (exact) mass is 215 g/mol. The lowest BCUT2D eigenvalue weighted by atomic mass is 10.0. The molecular formula is C13H17N3. The van der Waals surface area contributed by atoms with E-state index in [-0.39, 0.29) is 0 Å². The van der Waals surface area contributed by atoms with Crippen molar-refractivity contribution in [2.75, 3.05) is 5.43 Å². The van der Waals surface area contributed by atoms with Gasteiger partial charge in [-0.1, -0.05) is 32.0 Å². The lowest BCUT2D eigenvalue weighted by Crippen LogP contribution is -2.11. The highest BCUT2D eigenvalue weighted by Gasteiger charge is 2.06. The van der Waals surface area contributed by atoms with Crippen molar-refractivity contribution in [3.8, 4) is 0 Å². The maximum Gasteiger partial charge on any atom is 0.143 e. The standard InChI is InChI=1S/C13H17N3/c1-3-9-6-5-7-11-8-10(4-2)13(16-14)15-12(9)11/h5-8H,3-4,14H2,1-2H3,(H,15,16). The Hall–Kier alpha value is -1.61. The third-order valence-electron chi connectivity index (χ3n) is 2.91. The van der Waals surface area contributed by atoms with E-state index in [1.807, 2.05) is 0 Å². The predicted molar refractivity (Wildman–Crippen MR) is 68.3 cm³/mol. The van der Waals surface area contributed by atoms with Crippen LogP contribution >= 0.6 is 0 Å². The number of fused-ring (bicyclic) bond motifs is 1. The number of pyridine rings is 1. The van der Waals surface area contributed by atoms with E-state index in [9.17, 15) is 0 Å². The summed E-state index contributed by atoms with van der Waals surface area (Å²) in [5, 5.41) is 1.19. The number of aromatic nitrogens is 1. The largest absolute Gasteiger partial charge is 0.308 e. The molecule has 0 unspecified atom stereocenters. The number of nitrogens with one attached hydrogen (secondary N) is 1. The van der Waals surface area contributed by atoms with Crippen LogP contribution in [0.4, 0.5) is 5.82 Å². The SMILES string of the molecule is CCc1cc2cccc(CC)c2nc1NN. The van der Waals surface area contributed by atoms with E-state index in [1.165, 1.54) is 10.9 Å². The molecule has 1 aromatic carbocycles. The number of hydrogen-bond donors (Lipinski definition) is 2. The van der Waals surface area contributed by atoms with E-state index in [1.54, 1.807) is 0 Å². The van der Waals surface area contributed by atoms with E-state index in [0.29, 0.717) is 0 Å². The number of nitrogens with zero attached hydrogens (tertiary/aromatic N) is 1. The summed E-state index contributed by atoms with van der Waals surface area (Å²) in [6.07, 6.45) is 1.92. The lowest BCUT2D eigenvalue weighted by molar-refractivity contribution is 1.09. The van der Waals surface area contributed by atoms with Crippen LogP contribution in [0.3, 0.4) is 0 Å².